The zero-order chi connectivity index (χ0) is 23.5. The molecule has 0 unspecified atom stereocenters. The Morgan fingerprint density at radius 2 is 1.79 bits per heavy atom. The summed E-state index contributed by atoms with van der Waals surface area (Å²) in [5.74, 6) is -0.261. The number of likely N-dealkylation sites (N-methyl/N-ethyl adjacent to an activating group) is 1. The summed E-state index contributed by atoms with van der Waals surface area (Å²) < 4.78 is 5.11. The molecule has 0 spiro atoms. The van der Waals surface area contributed by atoms with E-state index in [9.17, 15) is 19.2 Å². The van der Waals surface area contributed by atoms with Crippen molar-refractivity contribution in [1.82, 2.24) is 15.5 Å². The number of methoxy groups -OCH3 is 1. The number of hydrogen-bond acceptors (Lipinski definition) is 5. The standard InChI is InChI=1S/C24H26N4O5/c1-25-22(30)20-13-15-5-3-4-6-16(15)14-27(20)21(29)12-11-19-23(31)28(24(32)26-19)17-7-9-18(33-2)10-8-17/h3-10,19-20H,11-14H2,1-2H3,(H,25,30)(H,26,32)/t19-,20-/m1/s1. The normalized spacial score (nSPS) is 19.7. The van der Waals surface area contributed by atoms with E-state index in [1.807, 2.05) is 24.3 Å². The minimum atomic E-state index is -0.806. The molecule has 1 fully saturated rings. The molecule has 2 aromatic rings. The number of carbonyl (C=O) groups is 4. The van der Waals surface area contributed by atoms with E-state index < -0.39 is 24.0 Å². The predicted molar refractivity (Wildman–Crippen MR) is 121 cm³/mol. The highest BCUT2D eigenvalue weighted by atomic mass is 16.5. The Kier molecular flexibility index (Phi) is 6.30. The van der Waals surface area contributed by atoms with Gasteiger partial charge >= 0.3 is 6.03 Å². The molecule has 0 radical (unpaired) electrons. The van der Waals surface area contributed by atoms with Crippen molar-refractivity contribution < 1.29 is 23.9 Å². The third-order valence-electron chi connectivity index (χ3n) is 6.11. The number of rotatable bonds is 6. The van der Waals surface area contributed by atoms with Gasteiger partial charge in [0.25, 0.3) is 5.91 Å². The molecule has 33 heavy (non-hydrogen) atoms. The Balaban J connectivity index is 1.43. The topological polar surface area (TPSA) is 108 Å². The summed E-state index contributed by atoms with van der Waals surface area (Å²) >= 11 is 0. The summed E-state index contributed by atoms with van der Waals surface area (Å²) in [7, 11) is 3.08. The SMILES string of the molecule is CNC(=O)[C@H]1Cc2ccccc2CN1C(=O)CC[C@H]1NC(=O)N(c2ccc(OC)cc2)C1=O. The van der Waals surface area contributed by atoms with Gasteiger partial charge in [-0.15, -0.1) is 0 Å². The van der Waals surface area contributed by atoms with E-state index in [-0.39, 0.29) is 24.7 Å². The number of benzene rings is 2. The first-order valence-corrected chi connectivity index (χ1v) is 10.8. The van der Waals surface area contributed by atoms with Crippen LogP contribution < -0.4 is 20.3 Å². The molecule has 2 aromatic carbocycles. The summed E-state index contributed by atoms with van der Waals surface area (Å²) in [5.41, 5.74) is 2.48. The number of anilines is 1. The number of imide groups is 1. The second-order valence-corrected chi connectivity index (χ2v) is 8.04. The van der Waals surface area contributed by atoms with E-state index >= 15 is 0 Å². The monoisotopic (exact) mass is 450 g/mol. The molecule has 2 aliphatic rings. The summed E-state index contributed by atoms with van der Waals surface area (Å²) in [4.78, 5) is 53.5. The Morgan fingerprint density at radius 3 is 2.45 bits per heavy atom. The van der Waals surface area contributed by atoms with Crippen molar-refractivity contribution in [3.63, 3.8) is 0 Å². The lowest BCUT2D eigenvalue weighted by Gasteiger charge is -2.36. The smallest absolute Gasteiger partial charge is 0.329 e. The number of carbonyl (C=O) groups excluding carboxylic acids is 4. The van der Waals surface area contributed by atoms with E-state index in [2.05, 4.69) is 10.6 Å². The number of nitrogens with one attached hydrogen (secondary N) is 2. The van der Waals surface area contributed by atoms with Gasteiger partial charge in [-0.1, -0.05) is 24.3 Å². The molecule has 1 saturated heterocycles. The van der Waals surface area contributed by atoms with E-state index in [4.69, 9.17) is 4.74 Å². The Hall–Kier alpha value is -3.88. The summed E-state index contributed by atoms with van der Waals surface area (Å²) in [6.45, 7) is 0.329. The average Bonchev–Trinajstić information content (AvgIpc) is 3.13. The van der Waals surface area contributed by atoms with Crippen molar-refractivity contribution in [2.45, 2.75) is 37.9 Å². The van der Waals surface area contributed by atoms with E-state index in [0.717, 1.165) is 16.0 Å². The molecule has 5 amide bonds. The molecule has 0 aromatic heterocycles. The first kappa shape index (κ1) is 22.3. The fraction of sp³-hybridized carbons (Fsp3) is 0.333. The molecule has 9 nitrogen and oxygen atoms in total. The van der Waals surface area contributed by atoms with Crippen LogP contribution >= 0.6 is 0 Å². The molecule has 2 aliphatic heterocycles. The average molecular weight is 450 g/mol. The molecule has 4 rings (SSSR count). The summed E-state index contributed by atoms with van der Waals surface area (Å²) in [6.07, 6.45) is 0.614. The minimum Gasteiger partial charge on any atom is -0.497 e. The Bertz CT molecular complexity index is 1080. The third-order valence-corrected chi connectivity index (χ3v) is 6.11. The van der Waals surface area contributed by atoms with Crippen molar-refractivity contribution >= 4 is 29.4 Å². The van der Waals surface area contributed by atoms with Crippen molar-refractivity contribution in [1.29, 1.82) is 0 Å². The lowest BCUT2D eigenvalue weighted by Crippen LogP contribution is -2.52. The van der Waals surface area contributed by atoms with Crippen LogP contribution in [0.2, 0.25) is 0 Å². The lowest BCUT2D eigenvalue weighted by atomic mass is 9.93. The minimum absolute atomic E-state index is 0.0306. The highest BCUT2D eigenvalue weighted by molar-refractivity contribution is 6.21. The van der Waals surface area contributed by atoms with Gasteiger partial charge < -0.3 is 20.3 Å². The molecule has 0 bridgehead atoms. The summed E-state index contributed by atoms with van der Waals surface area (Å²) in [5, 5.41) is 5.29. The molecule has 0 saturated carbocycles. The maximum atomic E-state index is 13.1. The van der Waals surface area contributed by atoms with E-state index in [1.165, 1.54) is 7.11 Å². The molecular weight excluding hydrogens is 424 g/mol. The van der Waals surface area contributed by atoms with Crippen LogP contribution in [0.5, 0.6) is 5.75 Å². The van der Waals surface area contributed by atoms with Gasteiger partial charge in [0.2, 0.25) is 11.8 Å². The maximum Gasteiger partial charge on any atom is 0.329 e. The largest absolute Gasteiger partial charge is 0.497 e. The van der Waals surface area contributed by atoms with E-state index in [0.29, 0.717) is 24.4 Å². The van der Waals surface area contributed by atoms with Crippen LogP contribution in [0.4, 0.5) is 10.5 Å². The number of urea groups is 1. The highest BCUT2D eigenvalue weighted by Crippen LogP contribution is 2.26. The number of hydrogen-bond donors (Lipinski definition) is 2. The van der Waals surface area contributed by atoms with Crippen molar-refractivity contribution in [3.05, 3.63) is 59.7 Å². The molecule has 2 atom stereocenters. The second-order valence-electron chi connectivity index (χ2n) is 8.04. The van der Waals surface area contributed by atoms with Gasteiger partial charge in [0.15, 0.2) is 0 Å². The van der Waals surface area contributed by atoms with Crippen molar-refractivity contribution in [3.8, 4) is 5.75 Å². The molecule has 2 N–H and O–H groups in total. The zero-order valence-corrected chi connectivity index (χ0v) is 18.5. The van der Waals surface area contributed by atoms with Gasteiger partial charge in [-0.3, -0.25) is 14.4 Å². The summed E-state index contributed by atoms with van der Waals surface area (Å²) in [6, 6.07) is 12.4. The lowest BCUT2D eigenvalue weighted by molar-refractivity contribution is -0.141. The number of nitrogens with zero attached hydrogens (tertiary/aromatic N) is 2. The van der Waals surface area contributed by atoms with Crippen molar-refractivity contribution in [2.75, 3.05) is 19.1 Å². The van der Waals surface area contributed by atoms with Gasteiger partial charge in [0, 0.05) is 26.4 Å². The number of ether oxygens (including phenoxy) is 1. The van der Waals surface area contributed by atoms with Crippen LogP contribution in [0.1, 0.15) is 24.0 Å². The van der Waals surface area contributed by atoms with Crippen LogP contribution in [-0.2, 0) is 27.3 Å². The predicted octanol–water partition coefficient (Wildman–Crippen LogP) is 1.60. The van der Waals surface area contributed by atoms with Gasteiger partial charge in [0.1, 0.15) is 17.8 Å². The number of amides is 5. The number of fused-ring (bicyclic) bond motifs is 1. The third kappa shape index (κ3) is 4.39. The fourth-order valence-electron chi connectivity index (χ4n) is 4.30. The zero-order valence-electron chi connectivity index (χ0n) is 18.5. The van der Waals surface area contributed by atoms with Crippen LogP contribution in [0, 0.1) is 0 Å². The molecule has 172 valence electrons. The van der Waals surface area contributed by atoms with Crippen LogP contribution in [0.15, 0.2) is 48.5 Å². The van der Waals surface area contributed by atoms with Crippen LogP contribution in [0.25, 0.3) is 0 Å². The molecular formula is C24H26N4O5. The van der Waals surface area contributed by atoms with E-state index in [1.54, 1.807) is 36.2 Å². The highest BCUT2D eigenvalue weighted by Gasteiger charge is 2.40. The maximum absolute atomic E-state index is 13.1. The molecule has 2 heterocycles. The quantitative estimate of drug-likeness (QED) is 0.650. The van der Waals surface area contributed by atoms with Gasteiger partial charge in [-0.2, -0.15) is 0 Å². The van der Waals surface area contributed by atoms with Gasteiger partial charge in [0.05, 0.1) is 12.8 Å². The van der Waals surface area contributed by atoms with Crippen LogP contribution in [-0.4, -0.2) is 54.9 Å². The molecule has 0 aliphatic carbocycles. The second kappa shape index (κ2) is 9.32. The first-order chi connectivity index (χ1) is 15.9. The fourth-order valence-corrected chi connectivity index (χ4v) is 4.30. The Labute approximate surface area is 191 Å². The van der Waals surface area contributed by atoms with Crippen LogP contribution in [0.3, 0.4) is 0 Å². The molecule has 9 heteroatoms. The Morgan fingerprint density at radius 1 is 1.09 bits per heavy atom. The first-order valence-electron chi connectivity index (χ1n) is 10.8. The van der Waals surface area contributed by atoms with Gasteiger partial charge in [-0.05, 0) is 41.8 Å². The van der Waals surface area contributed by atoms with Gasteiger partial charge in [-0.25, -0.2) is 9.69 Å². The van der Waals surface area contributed by atoms with Crippen molar-refractivity contribution in [2.24, 2.45) is 0 Å².